The van der Waals surface area contributed by atoms with Crippen LogP contribution in [-0.4, -0.2) is 51.2 Å². The van der Waals surface area contributed by atoms with Gasteiger partial charge >= 0.3 is 11.8 Å². The number of aliphatic hydroxyl groups is 1. The highest BCUT2D eigenvalue weighted by Gasteiger charge is 2.39. The molecule has 0 bridgehead atoms. The molecule has 12 nitrogen and oxygen atoms in total. The van der Waals surface area contributed by atoms with Crippen LogP contribution in [0.1, 0.15) is 23.8 Å². The number of hydrogen-bond donors (Lipinski definition) is 2. The minimum atomic E-state index is -1.10. The monoisotopic (exact) mass is 503 g/mol. The zero-order valence-electron chi connectivity index (χ0n) is 17.2. The van der Waals surface area contributed by atoms with Crippen LogP contribution in [0.5, 0.6) is 0 Å². The molecule has 2 aromatic rings. The van der Waals surface area contributed by atoms with E-state index >= 15 is 0 Å². The molecule has 0 radical (unpaired) electrons. The van der Waals surface area contributed by atoms with Gasteiger partial charge in [-0.1, -0.05) is 23.2 Å². The highest BCUT2D eigenvalue weighted by atomic mass is 35.5. The van der Waals surface area contributed by atoms with E-state index in [1.807, 2.05) is 0 Å². The molecule has 1 fully saturated rings. The molecule has 178 valence electrons. The highest BCUT2D eigenvalue weighted by molar-refractivity contribution is 6.35. The van der Waals surface area contributed by atoms with Crippen molar-refractivity contribution in [3.8, 4) is 0 Å². The van der Waals surface area contributed by atoms with Gasteiger partial charge in [-0.15, -0.1) is 0 Å². The number of rotatable bonds is 7. The molecular weight excluding hydrogens is 485 g/mol. The van der Waals surface area contributed by atoms with Crippen molar-refractivity contribution in [3.05, 3.63) is 70.5 Å². The first-order valence-corrected chi connectivity index (χ1v) is 10.4. The highest BCUT2D eigenvalue weighted by Crippen LogP contribution is 2.32. The Hall–Kier alpha value is -2.93. The van der Waals surface area contributed by atoms with E-state index in [1.54, 1.807) is 0 Å². The first-order chi connectivity index (χ1) is 15.6. The van der Waals surface area contributed by atoms with E-state index < -0.39 is 47.4 Å². The second-order valence-electron chi connectivity index (χ2n) is 7.17. The summed E-state index contributed by atoms with van der Waals surface area (Å²) >= 11 is 11.8. The van der Waals surface area contributed by atoms with E-state index in [-0.39, 0.29) is 46.3 Å². The largest absolute Gasteiger partial charge is 0.508 e. The third-order valence-corrected chi connectivity index (χ3v) is 5.52. The average Bonchev–Trinajstić information content (AvgIpc) is 3.14. The Kier molecular flexibility index (Phi) is 7.74. The van der Waals surface area contributed by atoms with Crippen LogP contribution < -0.4 is 11.2 Å². The molecule has 0 spiro atoms. The molecule has 2 N–H and O–H groups in total. The molecule has 0 amide bonds. The smallest absolute Gasteiger partial charge is 0.434 e. The Morgan fingerprint density at radius 3 is 2.79 bits per heavy atom. The first-order valence-electron chi connectivity index (χ1n) is 9.64. The molecule has 1 saturated heterocycles. The number of carbonyl (C=O) groups is 1. The van der Waals surface area contributed by atoms with Crippen molar-refractivity contribution in [1.82, 2.24) is 9.55 Å². The Balaban J connectivity index is 1.62. The van der Waals surface area contributed by atoms with Crippen molar-refractivity contribution < 1.29 is 29.0 Å². The van der Waals surface area contributed by atoms with Gasteiger partial charge < -0.3 is 19.3 Å². The fraction of sp³-hybridized carbons (Fsp3) is 0.421. The summed E-state index contributed by atoms with van der Waals surface area (Å²) < 4.78 is 16.9. The van der Waals surface area contributed by atoms with Gasteiger partial charge in [-0.05, 0) is 13.0 Å². The van der Waals surface area contributed by atoms with Gasteiger partial charge in [0, 0.05) is 35.7 Å². The Morgan fingerprint density at radius 2 is 2.12 bits per heavy atom. The third kappa shape index (κ3) is 5.71. The normalized spacial score (nSPS) is 19.9. The van der Waals surface area contributed by atoms with Crippen LogP contribution in [0, 0.1) is 17.0 Å². The summed E-state index contributed by atoms with van der Waals surface area (Å²) in [5.41, 5.74) is -1.14. The van der Waals surface area contributed by atoms with Crippen LogP contribution >= 0.6 is 23.2 Å². The van der Waals surface area contributed by atoms with Gasteiger partial charge in [0.1, 0.15) is 18.4 Å². The van der Waals surface area contributed by atoms with Crippen molar-refractivity contribution >= 4 is 35.0 Å². The van der Waals surface area contributed by atoms with Crippen molar-refractivity contribution in [2.45, 2.75) is 38.2 Å². The Morgan fingerprint density at radius 1 is 1.39 bits per heavy atom. The number of nitro groups is 1. The molecule has 1 unspecified atom stereocenters. The number of carbonyl (C=O) groups excluding carboxylic acids is 1. The van der Waals surface area contributed by atoms with Gasteiger partial charge in [-0.2, -0.15) is 0 Å². The molecule has 3 atom stereocenters. The molecule has 3 rings (SSSR count). The molecule has 1 aliphatic heterocycles. The number of nitrogens with zero attached hydrogens (tertiary/aromatic N) is 2. The van der Waals surface area contributed by atoms with Crippen molar-refractivity contribution in [2.24, 2.45) is 0 Å². The summed E-state index contributed by atoms with van der Waals surface area (Å²) in [4.78, 5) is 48.5. The Labute approximate surface area is 195 Å². The first kappa shape index (κ1) is 24.7. The van der Waals surface area contributed by atoms with Gasteiger partial charge in [0.25, 0.3) is 11.2 Å². The number of nitrogens with one attached hydrogen (secondary N) is 1. The zero-order valence-corrected chi connectivity index (χ0v) is 18.7. The molecular formula is C19H19Cl2N3O9. The Bertz CT molecular complexity index is 1180. The average molecular weight is 504 g/mol. The van der Waals surface area contributed by atoms with E-state index in [0.29, 0.717) is 0 Å². The van der Waals surface area contributed by atoms with E-state index in [0.717, 1.165) is 10.6 Å². The summed E-state index contributed by atoms with van der Waals surface area (Å²) in [6.07, 6.45) is -2.61. The summed E-state index contributed by atoms with van der Waals surface area (Å²) in [6.45, 7) is 0.731. The standard InChI is InChI=1S/C19H19Cl2N3O9/c1-9-7-23(18(27)22-17(9)26)16-6-14(15(8-25)32-16)33-19(28)31-3-2-11-12(21)4-10(20)5-13(11)24(29)30/h4-5,7,14-16,25H,2-3,6,8H2,1H3,(H,22,26,27)/t14?,15-,16-/m1/s1. The number of aryl methyl sites for hydroxylation is 1. The lowest BCUT2D eigenvalue weighted by Gasteiger charge is -2.16. The summed E-state index contributed by atoms with van der Waals surface area (Å²) in [7, 11) is 0. The number of hydrogen-bond acceptors (Lipinski definition) is 9. The number of nitro benzene ring substituents is 1. The molecule has 33 heavy (non-hydrogen) atoms. The van der Waals surface area contributed by atoms with E-state index in [9.17, 15) is 29.6 Å². The maximum Gasteiger partial charge on any atom is 0.508 e. The van der Waals surface area contributed by atoms with E-state index in [1.165, 1.54) is 19.2 Å². The molecule has 0 saturated carbocycles. The lowest BCUT2D eigenvalue weighted by Crippen LogP contribution is -2.33. The van der Waals surface area contributed by atoms with Crippen LogP contribution in [0.15, 0.2) is 27.9 Å². The van der Waals surface area contributed by atoms with Crippen molar-refractivity contribution in [1.29, 1.82) is 0 Å². The molecule has 14 heteroatoms. The van der Waals surface area contributed by atoms with Crippen LogP contribution in [0.2, 0.25) is 10.0 Å². The lowest BCUT2D eigenvalue weighted by molar-refractivity contribution is -0.385. The van der Waals surface area contributed by atoms with Gasteiger partial charge in [-0.3, -0.25) is 24.5 Å². The number of halogens is 2. The third-order valence-electron chi connectivity index (χ3n) is 4.97. The van der Waals surface area contributed by atoms with Crippen LogP contribution in [0.3, 0.4) is 0 Å². The van der Waals surface area contributed by atoms with Crippen LogP contribution in [-0.2, 0) is 20.6 Å². The van der Waals surface area contributed by atoms with Crippen LogP contribution in [0.25, 0.3) is 0 Å². The summed E-state index contributed by atoms with van der Waals surface area (Å²) in [6, 6.07) is 2.48. The number of ether oxygens (including phenoxy) is 3. The minimum Gasteiger partial charge on any atom is -0.434 e. The van der Waals surface area contributed by atoms with Gasteiger partial charge in [0.2, 0.25) is 0 Å². The molecule has 1 aliphatic rings. The minimum absolute atomic E-state index is 0.0141. The predicted molar refractivity (Wildman–Crippen MR) is 115 cm³/mol. The summed E-state index contributed by atoms with van der Waals surface area (Å²) in [5.74, 6) is 0. The number of aromatic nitrogens is 2. The van der Waals surface area contributed by atoms with Crippen molar-refractivity contribution in [3.63, 3.8) is 0 Å². The number of aliphatic hydroxyl groups excluding tert-OH is 1. The topological polar surface area (TPSA) is 163 Å². The maximum absolute atomic E-state index is 12.1. The predicted octanol–water partition coefficient (Wildman–Crippen LogP) is 2.10. The fourth-order valence-corrected chi connectivity index (χ4v) is 3.93. The number of aromatic amines is 1. The molecule has 1 aromatic carbocycles. The number of benzene rings is 1. The number of H-pyrrole nitrogens is 1. The second kappa shape index (κ2) is 10.3. The van der Waals surface area contributed by atoms with E-state index in [4.69, 9.17) is 37.4 Å². The maximum atomic E-state index is 12.1. The van der Waals surface area contributed by atoms with Gasteiger partial charge in [0.05, 0.1) is 28.7 Å². The summed E-state index contributed by atoms with van der Waals surface area (Å²) in [5, 5.41) is 20.9. The quantitative estimate of drug-likeness (QED) is 0.327. The van der Waals surface area contributed by atoms with Crippen LogP contribution in [0.4, 0.5) is 10.5 Å². The molecule has 1 aromatic heterocycles. The van der Waals surface area contributed by atoms with E-state index in [2.05, 4.69) is 4.98 Å². The van der Waals surface area contributed by atoms with Gasteiger partial charge in [-0.25, -0.2) is 9.59 Å². The second-order valence-corrected chi connectivity index (χ2v) is 8.02. The fourth-order valence-electron chi connectivity index (χ4n) is 3.35. The molecule has 0 aliphatic carbocycles. The van der Waals surface area contributed by atoms with Crippen molar-refractivity contribution in [2.75, 3.05) is 13.2 Å². The SMILES string of the molecule is Cc1cn([C@H]2CC(OC(=O)OCCc3c(Cl)cc(Cl)cc3[N+](=O)[O-])[C@@H](CO)O2)c(=O)[nH]c1=O. The molecule has 2 heterocycles. The lowest BCUT2D eigenvalue weighted by atomic mass is 10.1. The van der Waals surface area contributed by atoms with Gasteiger partial charge in [0.15, 0.2) is 0 Å². The zero-order chi connectivity index (χ0) is 24.3.